The van der Waals surface area contributed by atoms with Gasteiger partial charge >= 0.3 is 0 Å². The molecule has 0 aliphatic carbocycles. The summed E-state index contributed by atoms with van der Waals surface area (Å²) in [6, 6.07) is 15.5. The Morgan fingerprint density at radius 3 is 2.44 bits per heavy atom. The van der Waals surface area contributed by atoms with Crippen LogP contribution in [0.25, 0.3) is 21.7 Å². The van der Waals surface area contributed by atoms with Gasteiger partial charge in [0.1, 0.15) is 17.8 Å². The molecule has 3 fully saturated rings. The van der Waals surface area contributed by atoms with Crippen LogP contribution in [0.3, 0.4) is 0 Å². The smallest absolute Gasteiger partial charge is 0.246 e. The first kappa shape index (κ1) is 43.5. The Labute approximate surface area is 367 Å². The number of aryl methyl sites for hydroxylation is 1. The van der Waals surface area contributed by atoms with E-state index >= 15 is 0 Å². The lowest BCUT2D eigenvalue weighted by molar-refractivity contribution is -0.144. The molecule has 8 rings (SSSR count). The molecular weight excluding hydrogens is 805 g/mol. The van der Waals surface area contributed by atoms with Crippen LogP contribution in [0.5, 0.6) is 5.75 Å². The molecule has 0 radical (unpaired) electrons. The topological polar surface area (TPSA) is 179 Å². The second-order valence-corrected chi connectivity index (χ2v) is 19.4. The molecule has 4 aromatic rings. The number of hydrogen-bond donors (Lipinski definition) is 5. The molecule has 5 N–H and O–H groups in total. The number of carbonyl (C=O) groups is 3. The number of anilines is 2. The Hall–Kier alpha value is -5.16. The number of phenolic OH excluding ortho intramolecular Hbond substituents is 1. The number of para-hydroxylation sites is 1. The van der Waals surface area contributed by atoms with Crippen LogP contribution >= 0.6 is 11.3 Å². The number of fused-ring (bicyclic) bond motifs is 3. The number of nitrogens with one attached hydrogen (secondary N) is 3. The van der Waals surface area contributed by atoms with Gasteiger partial charge in [-0.25, -0.2) is 4.98 Å². The summed E-state index contributed by atoms with van der Waals surface area (Å²) in [4.78, 5) is 55.7. The van der Waals surface area contributed by atoms with E-state index in [0.717, 1.165) is 91.9 Å². The first-order valence-electron chi connectivity index (χ1n) is 21.9. The molecule has 62 heavy (non-hydrogen) atoms. The number of likely N-dealkylation sites (tertiary alicyclic amines) is 2. The van der Waals surface area contributed by atoms with Gasteiger partial charge < -0.3 is 36.0 Å². The van der Waals surface area contributed by atoms with E-state index in [0.29, 0.717) is 23.2 Å². The number of aliphatic hydroxyl groups is 1. The number of aromatic hydroxyl groups is 1. The number of benzene rings is 2. The Morgan fingerprint density at radius 1 is 0.968 bits per heavy atom. The number of piperidine rings is 1. The molecule has 3 saturated heterocycles. The van der Waals surface area contributed by atoms with Gasteiger partial charge in [0.15, 0.2) is 5.82 Å². The number of phenols is 1. The lowest BCUT2D eigenvalue weighted by atomic mass is 9.85. The van der Waals surface area contributed by atoms with Crippen LogP contribution in [-0.4, -0.2) is 141 Å². The molecule has 0 bridgehead atoms. The fourth-order valence-electron chi connectivity index (χ4n) is 9.46. The van der Waals surface area contributed by atoms with Crippen LogP contribution in [0.1, 0.15) is 64.3 Å². The van der Waals surface area contributed by atoms with E-state index in [9.17, 15) is 24.6 Å². The highest BCUT2D eigenvalue weighted by Crippen LogP contribution is 2.37. The summed E-state index contributed by atoms with van der Waals surface area (Å²) in [5, 5.41) is 39.6. The molecular formula is C46H60N10O5S. The van der Waals surface area contributed by atoms with Crippen molar-refractivity contribution in [2.24, 2.45) is 11.3 Å². The summed E-state index contributed by atoms with van der Waals surface area (Å²) in [7, 11) is 0. The van der Waals surface area contributed by atoms with Crippen molar-refractivity contribution in [3.63, 3.8) is 0 Å². The normalized spacial score (nSPS) is 22.0. The molecule has 2 aromatic carbocycles. The molecule has 15 nitrogen and oxygen atoms in total. The number of aromatic nitrogens is 3. The maximum absolute atomic E-state index is 14.3. The standard InChI is InChI=1S/C46H60N10O5S/c1-28(31-10-12-32(13-11-31)41-29(2)48-27-62-41)49-44(60)38-20-34(57)25-56(38)45(61)42(46(3,4)5)50-40(59)26-53-16-14-30(15-17-53)23-54-18-19-55-33(24-54)22-47-43-37(55)21-36(51-52-43)35-8-6-7-9-39(35)58/h6-13,21,27-28,30,33-34,38,42,57-58H,14-20,22-26H2,1-5H3,(H,47,52)(H,49,60)(H,50,59)/t28?,33?,34-,38+,42?/m1/s1. The lowest BCUT2D eigenvalue weighted by Gasteiger charge is -2.47. The summed E-state index contributed by atoms with van der Waals surface area (Å²) in [5.41, 5.74) is 6.50. The van der Waals surface area contributed by atoms with Gasteiger partial charge in [-0.05, 0) is 80.4 Å². The highest BCUT2D eigenvalue weighted by atomic mass is 32.1. The van der Waals surface area contributed by atoms with Crippen molar-refractivity contribution in [3.05, 3.63) is 71.4 Å². The van der Waals surface area contributed by atoms with Crippen LogP contribution in [0.2, 0.25) is 0 Å². The number of rotatable bonds is 11. The van der Waals surface area contributed by atoms with Gasteiger partial charge in [-0.1, -0.05) is 57.2 Å². The molecule has 3 unspecified atom stereocenters. The molecule has 0 spiro atoms. The molecule has 4 aliphatic rings. The van der Waals surface area contributed by atoms with Gasteiger partial charge in [0, 0.05) is 51.3 Å². The second kappa shape index (κ2) is 18.3. The molecule has 0 saturated carbocycles. The molecule has 2 aromatic heterocycles. The average molecular weight is 865 g/mol. The molecule has 330 valence electrons. The molecule has 3 amide bonds. The Kier molecular flexibility index (Phi) is 12.8. The molecule has 6 heterocycles. The van der Waals surface area contributed by atoms with Crippen molar-refractivity contribution >= 4 is 40.6 Å². The minimum atomic E-state index is -0.877. The number of β-amino-alcohol motifs (C(OH)–C–C–N with tert-alkyl or cyclic N) is 1. The monoisotopic (exact) mass is 864 g/mol. The quantitative estimate of drug-likeness (QED) is 0.145. The van der Waals surface area contributed by atoms with Crippen LogP contribution < -0.4 is 20.9 Å². The van der Waals surface area contributed by atoms with Gasteiger partial charge in [0.2, 0.25) is 17.7 Å². The summed E-state index contributed by atoms with van der Waals surface area (Å²) in [5.74, 6) is 0.565. The second-order valence-electron chi connectivity index (χ2n) is 18.6. The number of aliphatic hydroxyl groups excluding tert-OH is 1. The zero-order valence-corrected chi connectivity index (χ0v) is 37.2. The van der Waals surface area contributed by atoms with E-state index in [2.05, 4.69) is 45.8 Å². The van der Waals surface area contributed by atoms with Crippen molar-refractivity contribution < 1.29 is 24.6 Å². The van der Waals surface area contributed by atoms with E-state index in [-0.39, 0.29) is 49.0 Å². The zero-order valence-electron chi connectivity index (χ0n) is 36.4. The molecule has 5 atom stereocenters. The van der Waals surface area contributed by atoms with E-state index in [1.807, 2.05) is 82.6 Å². The van der Waals surface area contributed by atoms with Crippen LogP contribution in [0.15, 0.2) is 60.1 Å². The van der Waals surface area contributed by atoms with Gasteiger partial charge in [0.25, 0.3) is 0 Å². The lowest BCUT2D eigenvalue weighted by Crippen LogP contribution is -2.59. The first-order chi connectivity index (χ1) is 29.7. The summed E-state index contributed by atoms with van der Waals surface area (Å²) < 4.78 is 0. The first-order valence-corrected chi connectivity index (χ1v) is 22.8. The highest BCUT2D eigenvalue weighted by Gasteiger charge is 2.45. The summed E-state index contributed by atoms with van der Waals surface area (Å²) in [6.07, 6.45) is 1.25. The summed E-state index contributed by atoms with van der Waals surface area (Å²) in [6.45, 7) is 16.0. The highest BCUT2D eigenvalue weighted by molar-refractivity contribution is 7.13. The van der Waals surface area contributed by atoms with Crippen molar-refractivity contribution in [2.45, 2.75) is 84.2 Å². The number of nitrogens with zero attached hydrogens (tertiary/aromatic N) is 7. The number of hydrogen-bond acceptors (Lipinski definition) is 13. The fourth-order valence-corrected chi connectivity index (χ4v) is 10.3. The van der Waals surface area contributed by atoms with Gasteiger partial charge in [-0.3, -0.25) is 24.2 Å². The Bertz CT molecular complexity index is 2240. The largest absolute Gasteiger partial charge is 0.507 e. The SMILES string of the molecule is Cc1ncsc1-c1ccc(C(C)NC(=O)[C@@H]2C[C@@H](O)CN2C(=O)C(NC(=O)CN2CCC(CN3CCN4c5cc(-c6ccccc6O)nnc5NCC4C3)CC2)C(C)(C)C)cc1. The van der Waals surface area contributed by atoms with Crippen LogP contribution in [-0.2, 0) is 14.4 Å². The van der Waals surface area contributed by atoms with Crippen molar-refractivity contribution in [3.8, 4) is 27.4 Å². The van der Waals surface area contributed by atoms with Gasteiger partial charge in [0.05, 0.1) is 52.2 Å². The maximum Gasteiger partial charge on any atom is 0.246 e. The van der Waals surface area contributed by atoms with Crippen molar-refractivity contribution in [1.29, 1.82) is 0 Å². The van der Waals surface area contributed by atoms with Gasteiger partial charge in [-0.15, -0.1) is 21.5 Å². The van der Waals surface area contributed by atoms with E-state index in [1.54, 1.807) is 23.5 Å². The maximum atomic E-state index is 14.3. The average Bonchev–Trinajstić information content (AvgIpc) is 3.87. The Balaban J connectivity index is 0.812. The Morgan fingerprint density at radius 2 is 1.73 bits per heavy atom. The third-order valence-corrected chi connectivity index (χ3v) is 14.0. The molecule has 16 heteroatoms. The number of piperazine rings is 1. The van der Waals surface area contributed by atoms with E-state index in [1.165, 1.54) is 4.90 Å². The third-order valence-electron chi connectivity index (χ3n) is 13.0. The van der Waals surface area contributed by atoms with Crippen molar-refractivity contribution in [1.82, 2.24) is 40.5 Å². The predicted octanol–water partition coefficient (Wildman–Crippen LogP) is 4.28. The van der Waals surface area contributed by atoms with Gasteiger partial charge in [-0.2, -0.15) is 0 Å². The predicted molar refractivity (Wildman–Crippen MR) is 241 cm³/mol. The number of thiazole rings is 1. The zero-order chi connectivity index (χ0) is 43.7. The minimum absolute atomic E-state index is 0.0268. The summed E-state index contributed by atoms with van der Waals surface area (Å²) >= 11 is 1.59. The fraction of sp³-hybridized carbons (Fsp3) is 0.522. The van der Waals surface area contributed by atoms with Crippen LogP contribution in [0.4, 0.5) is 11.5 Å². The van der Waals surface area contributed by atoms with Crippen LogP contribution in [0, 0.1) is 18.3 Å². The number of amides is 3. The third kappa shape index (κ3) is 9.58. The van der Waals surface area contributed by atoms with E-state index < -0.39 is 23.6 Å². The van der Waals surface area contributed by atoms with E-state index in [4.69, 9.17) is 0 Å². The molecule has 4 aliphatic heterocycles. The number of carbonyl (C=O) groups excluding carboxylic acids is 3. The minimum Gasteiger partial charge on any atom is -0.507 e. The van der Waals surface area contributed by atoms with Crippen molar-refractivity contribution in [2.75, 3.05) is 69.1 Å².